The van der Waals surface area contributed by atoms with Gasteiger partial charge in [-0.05, 0) is 42.3 Å². The van der Waals surface area contributed by atoms with Crippen LogP contribution in [0.3, 0.4) is 0 Å². The second-order valence-electron chi connectivity index (χ2n) is 5.10. The van der Waals surface area contributed by atoms with Crippen LogP contribution in [0.1, 0.15) is 11.1 Å². The number of rotatable bonds is 4. The third-order valence-electron chi connectivity index (χ3n) is 3.57. The second kappa shape index (κ2) is 5.66. The molecule has 4 heteroatoms. The number of nitrogens with one attached hydrogen (secondary N) is 1. The Morgan fingerprint density at radius 3 is 2.67 bits per heavy atom. The maximum absolute atomic E-state index is 13.7. The molecule has 0 spiro atoms. The lowest BCUT2D eigenvalue weighted by Gasteiger charge is -2.08. The fourth-order valence-corrected chi connectivity index (χ4v) is 2.54. The number of benzene rings is 2. The van der Waals surface area contributed by atoms with Crippen LogP contribution in [-0.2, 0) is 13.1 Å². The minimum Gasteiger partial charge on any atom is -0.343 e. The first kappa shape index (κ1) is 13.8. The minimum atomic E-state index is -0.551. The molecule has 1 N–H and O–H groups in total. The first-order valence-electron chi connectivity index (χ1n) is 6.83. The Morgan fingerprint density at radius 2 is 1.90 bits per heavy atom. The summed E-state index contributed by atoms with van der Waals surface area (Å²) in [5, 5.41) is 4.23. The number of halogens is 2. The van der Waals surface area contributed by atoms with Gasteiger partial charge in [-0.3, -0.25) is 0 Å². The van der Waals surface area contributed by atoms with Crippen molar-refractivity contribution in [2.24, 2.45) is 0 Å². The number of fused-ring (bicyclic) bond motifs is 1. The van der Waals surface area contributed by atoms with Crippen molar-refractivity contribution >= 4 is 10.9 Å². The molecule has 2 aromatic carbocycles. The first-order valence-corrected chi connectivity index (χ1v) is 6.83. The molecule has 0 saturated carbocycles. The third-order valence-corrected chi connectivity index (χ3v) is 3.57. The van der Waals surface area contributed by atoms with E-state index in [-0.39, 0.29) is 0 Å². The van der Waals surface area contributed by atoms with Gasteiger partial charge >= 0.3 is 0 Å². The summed E-state index contributed by atoms with van der Waals surface area (Å²) in [4.78, 5) is 0. The van der Waals surface area contributed by atoms with Gasteiger partial charge < -0.3 is 9.88 Å². The SMILES string of the molecule is CNCc1ccc2c(ccn2Cc2ccc(F)cc2F)c1. The van der Waals surface area contributed by atoms with Crippen LogP contribution in [0.4, 0.5) is 8.78 Å². The highest BCUT2D eigenvalue weighted by atomic mass is 19.1. The summed E-state index contributed by atoms with van der Waals surface area (Å²) in [5.41, 5.74) is 2.72. The molecule has 0 radical (unpaired) electrons. The molecule has 0 saturated heterocycles. The molecule has 0 fully saturated rings. The molecule has 21 heavy (non-hydrogen) atoms. The van der Waals surface area contributed by atoms with E-state index in [2.05, 4.69) is 17.4 Å². The number of hydrogen-bond donors (Lipinski definition) is 1. The Kier molecular flexibility index (Phi) is 3.71. The van der Waals surface area contributed by atoms with Crippen molar-refractivity contribution in [1.29, 1.82) is 0 Å². The predicted molar refractivity (Wildman–Crippen MR) is 80.2 cm³/mol. The predicted octanol–water partition coefficient (Wildman–Crippen LogP) is 3.69. The molecule has 1 heterocycles. The van der Waals surface area contributed by atoms with Crippen LogP contribution in [0.2, 0.25) is 0 Å². The van der Waals surface area contributed by atoms with Gasteiger partial charge in [-0.15, -0.1) is 0 Å². The molecule has 0 aliphatic carbocycles. The Morgan fingerprint density at radius 1 is 1.05 bits per heavy atom. The molecular weight excluding hydrogens is 270 g/mol. The van der Waals surface area contributed by atoms with Crippen LogP contribution < -0.4 is 5.32 Å². The van der Waals surface area contributed by atoms with Crippen LogP contribution in [0.5, 0.6) is 0 Å². The van der Waals surface area contributed by atoms with Crippen molar-refractivity contribution in [1.82, 2.24) is 9.88 Å². The quantitative estimate of drug-likeness (QED) is 0.774. The normalized spacial score (nSPS) is 11.2. The van der Waals surface area contributed by atoms with Crippen molar-refractivity contribution in [2.75, 3.05) is 7.05 Å². The van der Waals surface area contributed by atoms with E-state index < -0.39 is 11.6 Å². The Balaban J connectivity index is 1.94. The second-order valence-corrected chi connectivity index (χ2v) is 5.10. The van der Waals surface area contributed by atoms with Gasteiger partial charge in [0.2, 0.25) is 0 Å². The summed E-state index contributed by atoms with van der Waals surface area (Å²) in [7, 11) is 1.91. The van der Waals surface area contributed by atoms with Gasteiger partial charge in [-0.25, -0.2) is 8.78 Å². The maximum Gasteiger partial charge on any atom is 0.131 e. The van der Waals surface area contributed by atoms with E-state index in [4.69, 9.17) is 0 Å². The topological polar surface area (TPSA) is 17.0 Å². The lowest BCUT2D eigenvalue weighted by atomic mass is 10.1. The lowest BCUT2D eigenvalue weighted by molar-refractivity contribution is 0.567. The Bertz CT molecular complexity index is 778. The molecule has 0 aliphatic heterocycles. The molecule has 0 atom stereocenters. The molecule has 0 aliphatic rings. The summed E-state index contributed by atoms with van der Waals surface area (Å²) in [6.45, 7) is 1.20. The van der Waals surface area contributed by atoms with E-state index in [9.17, 15) is 8.78 Å². The van der Waals surface area contributed by atoms with Gasteiger partial charge in [-0.1, -0.05) is 12.1 Å². The van der Waals surface area contributed by atoms with Gasteiger partial charge in [-0.2, -0.15) is 0 Å². The minimum absolute atomic E-state index is 0.390. The lowest BCUT2D eigenvalue weighted by Crippen LogP contribution is -2.05. The van der Waals surface area contributed by atoms with Crippen LogP contribution in [0.15, 0.2) is 48.7 Å². The van der Waals surface area contributed by atoms with Crippen LogP contribution in [0.25, 0.3) is 10.9 Å². The zero-order chi connectivity index (χ0) is 14.8. The zero-order valence-corrected chi connectivity index (χ0v) is 11.7. The van der Waals surface area contributed by atoms with E-state index in [1.54, 1.807) is 0 Å². The monoisotopic (exact) mass is 286 g/mol. The zero-order valence-electron chi connectivity index (χ0n) is 11.7. The van der Waals surface area contributed by atoms with Crippen LogP contribution in [0, 0.1) is 11.6 Å². The van der Waals surface area contributed by atoms with Crippen molar-refractivity contribution < 1.29 is 8.78 Å². The first-order chi connectivity index (χ1) is 10.2. The Hall–Kier alpha value is -2.20. The van der Waals surface area contributed by atoms with Crippen molar-refractivity contribution in [2.45, 2.75) is 13.1 Å². The van der Waals surface area contributed by atoms with E-state index in [1.807, 2.05) is 29.9 Å². The number of aromatic nitrogens is 1. The Labute approximate surface area is 122 Å². The fourth-order valence-electron chi connectivity index (χ4n) is 2.54. The highest BCUT2D eigenvalue weighted by Gasteiger charge is 2.07. The van der Waals surface area contributed by atoms with Gasteiger partial charge in [0, 0.05) is 29.9 Å². The van der Waals surface area contributed by atoms with Gasteiger partial charge in [0.25, 0.3) is 0 Å². The molecule has 0 unspecified atom stereocenters. The van der Waals surface area contributed by atoms with E-state index >= 15 is 0 Å². The van der Waals surface area contributed by atoms with E-state index in [0.29, 0.717) is 12.1 Å². The summed E-state index contributed by atoms with van der Waals surface area (Å²) in [5.74, 6) is -1.06. The fraction of sp³-hybridized carbons (Fsp3) is 0.176. The molecular formula is C17H16F2N2. The summed E-state index contributed by atoms with van der Waals surface area (Å²) < 4.78 is 28.7. The average Bonchev–Trinajstić information content (AvgIpc) is 2.85. The van der Waals surface area contributed by atoms with Crippen LogP contribution in [-0.4, -0.2) is 11.6 Å². The number of hydrogen-bond acceptors (Lipinski definition) is 1. The summed E-state index contributed by atoms with van der Waals surface area (Å²) >= 11 is 0. The highest BCUT2D eigenvalue weighted by molar-refractivity contribution is 5.81. The van der Waals surface area contributed by atoms with Crippen LogP contribution >= 0.6 is 0 Å². The standard InChI is InChI=1S/C17H16F2N2/c1-20-10-12-2-5-17-13(8-12)6-7-21(17)11-14-3-4-15(18)9-16(14)19/h2-9,20H,10-11H2,1H3. The average molecular weight is 286 g/mol. The van der Waals surface area contributed by atoms with Crippen molar-refractivity contribution in [3.8, 4) is 0 Å². The van der Waals surface area contributed by atoms with Gasteiger partial charge in [0.1, 0.15) is 11.6 Å². The highest BCUT2D eigenvalue weighted by Crippen LogP contribution is 2.20. The van der Waals surface area contributed by atoms with Gasteiger partial charge in [0.15, 0.2) is 0 Å². The number of nitrogens with zero attached hydrogens (tertiary/aromatic N) is 1. The molecule has 2 nitrogen and oxygen atoms in total. The molecule has 108 valence electrons. The molecule has 3 rings (SSSR count). The smallest absolute Gasteiger partial charge is 0.131 e. The maximum atomic E-state index is 13.7. The summed E-state index contributed by atoms with van der Waals surface area (Å²) in [6.07, 6.45) is 1.93. The molecule has 3 aromatic rings. The molecule has 0 amide bonds. The third kappa shape index (κ3) is 2.81. The molecule has 1 aromatic heterocycles. The summed E-state index contributed by atoms with van der Waals surface area (Å²) in [6, 6.07) is 11.9. The van der Waals surface area contributed by atoms with E-state index in [0.717, 1.165) is 23.5 Å². The van der Waals surface area contributed by atoms with Crippen molar-refractivity contribution in [3.05, 3.63) is 71.4 Å². The van der Waals surface area contributed by atoms with Crippen molar-refractivity contribution in [3.63, 3.8) is 0 Å². The molecule has 0 bridgehead atoms. The van der Waals surface area contributed by atoms with Gasteiger partial charge in [0.05, 0.1) is 6.54 Å². The largest absolute Gasteiger partial charge is 0.343 e. The van der Waals surface area contributed by atoms with E-state index in [1.165, 1.54) is 17.7 Å².